The van der Waals surface area contributed by atoms with Crippen molar-refractivity contribution in [2.75, 3.05) is 52.2 Å². The van der Waals surface area contributed by atoms with Gasteiger partial charge in [0.2, 0.25) is 15.9 Å². The molecule has 2 fully saturated rings. The molecule has 0 spiro atoms. The normalized spacial score (nSPS) is 26.0. The largest absolute Gasteiger partial charge is 0.385 e. The number of rotatable bonds is 6. The molecule has 0 saturated carbocycles. The SMILES string of the molecule is COCCCS(=O)(=O)N1CCN(C(=O)[C@H]2CCN[C@@H](C)C2)CC1.Cl. The van der Waals surface area contributed by atoms with Crippen LogP contribution >= 0.6 is 12.4 Å². The highest BCUT2D eigenvalue weighted by atomic mass is 35.5. The second kappa shape index (κ2) is 9.91. The van der Waals surface area contributed by atoms with E-state index in [-0.39, 0.29) is 30.0 Å². The summed E-state index contributed by atoms with van der Waals surface area (Å²) >= 11 is 0. The van der Waals surface area contributed by atoms with Crippen LogP contribution in [0.25, 0.3) is 0 Å². The average Bonchev–Trinajstić information content (AvgIpc) is 2.54. The second-order valence-corrected chi connectivity index (χ2v) is 8.55. The number of nitrogens with one attached hydrogen (secondary N) is 1. The van der Waals surface area contributed by atoms with Crippen molar-refractivity contribution in [1.82, 2.24) is 14.5 Å². The van der Waals surface area contributed by atoms with Crippen LogP contribution in [0.4, 0.5) is 0 Å². The Labute approximate surface area is 151 Å². The minimum Gasteiger partial charge on any atom is -0.385 e. The fraction of sp³-hybridized carbons (Fsp3) is 0.933. The van der Waals surface area contributed by atoms with Gasteiger partial charge in [-0.05, 0) is 32.7 Å². The van der Waals surface area contributed by atoms with Crippen molar-refractivity contribution in [2.24, 2.45) is 5.92 Å². The summed E-state index contributed by atoms with van der Waals surface area (Å²) < 4.78 is 30.9. The van der Waals surface area contributed by atoms with Crippen molar-refractivity contribution < 1.29 is 17.9 Å². The van der Waals surface area contributed by atoms with Crippen molar-refractivity contribution in [3.8, 4) is 0 Å². The molecule has 24 heavy (non-hydrogen) atoms. The van der Waals surface area contributed by atoms with E-state index in [1.165, 1.54) is 4.31 Å². The van der Waals surface area contributed by atoms with Crippen LogP contribution in [0.2, 0.25) is 0 Å². The predicted octanol–water partition coefficient (Wildman–Crippen LogP) is 0.307. The Balaban J connectivity index is 0.00000288. The minimum absolute atomic E-state index is 0. The average molecular weight is 384 g/mol. The minimum atomic E-state index is -3.23. The summed E-state index contributed by atoms with van der Waals surface area (Å²) in [6.07, 6.45) is 2.25. The lowest BCUT2D eigenvalue weighted by molar-refractivity contribution is -0.137. The molecule has 2 aliphatic rings. The standard InChI is InChI=1S/C15H29N3O4S.ClH/c1-13-12-14(4-5-16-13)15(19)17-6-8-18(9-7-17)23(20,21)11-3-10-22-2;/h13-14,16H,3-12H2,1-2H3;1H/t13-,14-;/m0./s1. The summed E-state index contributed by atoms with van der Waals surface area (Å²) in [5.41, 5.74) is 0. The van der Waals surface area contributed by atoms with Crippen LogP contribution < -0.4 is 5.32 Å². The summed E-state index contributed by atoms with van der Waals surface area (Å²) in [4.78, 5) is 14.4. The molecular formula is C15H30ClN3O4S. The van der Waals surface area contributed by atoms with Gasteiger partial charge in [-0.1, -0.05) is 0 Å². The highest BCUT2D eigenvalue weighted by Crippen LogP contribution is 2.20. The number of carbonyl (C=O) groups excluding carboxylic acids is 1. The number of hydrogen-bond acceptors (Lipinski definition) is 5. The maximum absolute atomic E-state index is 12.6. The summed E-state index contributed by atoms with van der Waals surface area (Å²) in [7, 11) is -1.66. The number of carbonyl (C=O) groups is 1. The van der Waals surface area contributed by atoms with Gasteiger partial charge in [-0.25, -0.2) is 8.42 Å². The maximum atomic E-state index is 12.6. The van der Waals surface area contributed by atoms with Crippen molar-refractivity contribution in [2.45, 2.75) is 32.2 Å². The zero-order valence-electron chi connectivity index (χ0n) is 14.6. The predicted molar refractivity (Wildman–Crippen MR) is 95.9 cm³/mol. The maximum Gasteiger partial charge on any atom is 0.225 e. The molecular weight excluding hydrogens is 354 g/mol. The molecule has 142 valence electrons. The topological polar surface area (TPSA) is 79.0 Å². The number of piperidine rings is 1. The Morgan fingerprint density at radius 1 is 1.25 bits per heavy atom. The van der Waals surface area contributed by atoms with Gasteiger partial charge < -0.3 is 15.0 Å². The number of halogens is 1. The number of ether oxygens (including phenoxy) is 1. The molecule has 2 aliphatic heterocycles. The second-order valence-electron chi connectivity index (χ2n) is 6.46. The van der Waals surface area contributed by atoms with E-state index in [4.69, 9.17) is 4.74 Å². The van der Waals surface area contributed by atoms with Crippen LogP contribution in [0.15, 0.2) is 0 Å². The number of methoxy groups -OCH3 is 1. The van der Waals surface area contributed by atoms with E-state index in [1.807, 2.05) is 4.90 Å². The van der Waals surface area contributed by atoms with E-state index in [2.05, 4.69) is 12.2 Å². The van der Waals surface area contributed by atoms with Crippen LogP contribution in [-0.2, 0) is 19.6 Å². The van der Waals surface area contributed by atoms with Crippen molar-refractivity contribution in [1.29, 1.82) is 0 Å². The molecule has 0 aromatic rings. The molecule has 9 heteroatoms. The third kappa shape index (κ3) is 5.84. The van der Waals surface area contributed by atoms with E-state index in [9.17, 15) is 13.2 Å². The number of piperazine rings is 1. The zero-order valence-corrected chi connectivity index (χ0v) is 16.2. The molecule has 1 N–H and O–H groups in total. The van der Waals surface area contributed by atoms with Gasteiger partial charge in [-0.15, -0.1) is 12.4 Å². The van der Waals surface area contributed by atoms with Crippen LogP contribution in [0.3, 0.4) is 0 Å². The highest BCUT2D eigenvalue weighted by Gasteiger charge is 2.32. The lowest BCUT2D eigenvalue weighted by atomic mass is 9.92. The number of amides is 1. The number of nitrogens with zero attached hydrogens (tertiary/aromatic N) is 2. The van der Waals surface area contributed by atoms with Gasteiger partial charge in [-0.2, -0.15) is 4.31 Å². The van der Waals surface area contributed by atoms with Gasteiger partial charge in [0.15, 0.2) is 0 Å². The molecule has 7 nitrogen and oxygen atoms in total. The molecule has 0 bridgehead atoms. The van der Waals surface area contributed by atoms with E-state index in [1.54, 1.807) is 7.11 Å². The third-order valence-electron chi connectivity index (χ3n) is 4.67. The molecule has 2 saturated heterocycles. The lowest BCUT2D eigenvalue weighted by Gasteiger charge is -2.37. The van der Waals surface area contributed by atoms with Gasteiger partial charge in [-0.3, -0.25) is 4.79 Å². The van der Waals surface area contributed by atoms with E-state index >= 15 is 0 Å². The third-order valence-corrected chi connectivity index (χ3v) is 6.62. The van der Waals surface area contributed by atoms with Crippen molar-refractivity contribution in [3.63, 3.8) is 0 Å². The van der Waals surface area contributed by atoms with Crippen molar-refractivity contribution in [3.05, 3.63) is 0 Å². The Morgan fingerprint density at radius 3 is 2.50 bits per heavy atom. The van der Waals surface area contributed by atoms with Gasteiger partial charge >= 0.3 is 0 Å². The highest BCUT2D eigenvalue weighted by molar-refractivity contribution is 7.89. The summed E-state index contributed by atoms with van der Waals surface area (Å²) in [5.74, 6) is 0.381. The molecule has 0 unspecified atom stereocenters. The molecule has 0 aliphatic carbocycles. The van der Waals surface area contributed by atoms with Crippen LogP contribution in [0.1, 0.15) is 26.2 Å². The quantitative estimate of drug-likeness (QED) is 0.668. The fourth-order valence-corrected chi connectivity index (χ4v) is 4.78. The number of sulfonamides is 1. The van der Waals surface area contributed by atoms with Gasteiger partial charge in [0.25, 0.3) is 0 Å². The fourth-order valence-electron chi connectivity index (χ4n) is 3.32. The first-order chi connectivity index (χ1) is 10.9. The zero-order chi connectivity index (χ0) is 16.9. The molecule has 1 amide bonds. The molecule has 0 aromatic carbocycles. The Morgan fingerprint density at radius 2 is 1.92 bits per heavy atom. The van der Waals surface area contributed by atoms with Gasteiger partial charge in [0.1, 0.15) is 0 Å². The van der Waals surface area contributed by atoms with Gasteiger partial charge in [0.05, 0.1) is 5.75 Å². The van der Waals surface area contributed by atoms with Crippen LogP contribution in [0.5, 0.6) is 0 Å². The first-order valence-electron chi connectivity index (χ1n) is 8.43. The summed E-state index contributed by atoms with van der Waals surface area (Å²) in [6.45, 7) is 5.24. The van der Waals surface area contributed by atoms with Gasteiger partial charge in [0, 0.05) is 51.9 Å². The van der Waals surface area contributed by atoms with Crippen LogP contribution in [0, 0.1) is 5.92 Å². The Bertz CT molecular complexity index is 495. The Kier molecular flexibility index (Phi) is 8.94. The van der Waals surface area contributed by atoms with E-state index in [0.717, 1.165) is 19.4 Å². The molecule has 0 aromatic heterocycles. The molecule has 2 rings (SSSR count). The number of hydrogen-bond donors (Lipinski definition) is 1. The summed E-state index contributed by atoms with van der Waals surface area (Å²) in [6, 6.07) is 0.375. The monoisotopic (exact) mass is 383 g/mol. The first-order valence-corrected chi connectivity index (χ1v) is 10.0. The lowest BCUT2D eigenvalue weighted by Crippen LogP contribution is -2.53. The summed E-state index contributed by atoms with van der Waals surface area (Å²) in [5, 5.41) is 3.35. The Hall–Kier alpha value is -0.410. The molecule has 0 radical (unpaired) electrons. The van der Waals surface area contributed by atoms with E-state index in [0.29, 0.717) is 45.2 Å². The first kappa shape index (κ1) is 21.6. The van der Waals surface area contributed by atoms with E-state index < -0.39 is 10.0 Å². The van der Waals surface area contributed by atoms with Crippen LogP contribution in [-0.4, -0.2) is 81.8 Å². The van der Waals surface area contributed by atoms with Crippen molar-refractivity contribution >= 4 is 28.3 Å². The molecule has 2 atom stereocenters. The smallest absolute Gasteiger partial charge is 0.225 e. The molecule has 2 heterocycles.